The van der Waals surface area contributed by atoms with E-state index < -0.39 is 0 Å². The van der Waals surface area contributed by atoms with Crippen LogP contribution in [0, 0.1) is 6.92 Å². The third-order valence-electron chi connectivity index (χ3n) is 5.73. The fourth-order valence-electron chi connectivity index (χ4n) is 4.03. The summed E-state index contributed by atoms with van der Waals surface area (Å²) in [6, 6.07) is 25.3. The highest BCUT2D eigenvalue weighted by molar-refractivity contribution is 5.97. The monoisotopic (exact) mass is 452 g/mol. The molecule has 4 aromatic rings. The summed E-state index contributed by atoms with van der Waals surface area (Å²) >= 11 is 0. The summed E-state index contributed by atoms with van der Waals surface area (Å²) in [5.74, 6) is 0.983. The van der Waals surface area contributed by atoms with Crippen molar-refractivity contribution >= 4 is 23.2 Å². The van der Waals surface area contributed by atoms with E-state index in [1.807, 2.05) is 53.4 Å². The number of benzene rings is 3. The minimum Gasteiger partial charge on any atom is -0.497 e. The van der Waals surface area contributed by atoms with Crippen molar-refractivity contribution in [2.24, 2.45) is 0 Å². The van der Waals surface area contributed by atoms with Crippen LogP contribution >= 0.6 is 0 Å². The van der Waals surface area contributed by atoms with Crippen LogP contribution < -0.4 is 15.0 Å². The number of ether oxygens (including phenoxy) is 1. The van der Waals surface area contributed by atoms with Crippen molar-refractivity contribution in [3.05, 3.63) is 102 Å². The van der Waals surface area contributed by atoms with Gasteiger partial charge >= 0.3 is 0 Å². The number of carbonyl (C=O) groups is 1. The fraction of sp³-hybridized carbons (Fsp3) is 0.154. The SMILES string of the molecule is COc1cccc(NC(=O)CN2C(c3ccccc3)=CC(c3ccc(C)cc3)n3nnnc32)c1. The number of methoxy groups -OCH3 is 1. The van der Waals surface area contributed by atoms with E-state index in [1.165, 1.54) is 5.56 Å². The number of aryl methyl sites for hydroxylation is 1. The minimum absolute atomic E-state index is 0.0406. The maximum Gasteiger partial charge on any atom is 0.251 e. The van der Waals surface area contributed by atoms with Crippen LogP contribution in [0.25, 0.3) is 5.70 Å². The van der Waals surface area contributed by atoms with Gasteiger partial charge in [-0.1, -0.05) is 71.3 Å². The van der Waals surface area contributed by atoms with Crippen molar-refractivity contribution in [1.29, 1.82) is 0 Å². The van der Waals surface area contributed by atoms with Crippen molar-refractivity contribution in [2.45, 2.75) is 13.0 Å². The van der Waals surface area contributed by atoms with Gasteiger partial charge in [-0.2, -0.15) is 4.68 Å². The molecule has 1 aliphatic rings. The molecule has 0 aliphatic carbocycles. The van der Waals surface area contributed by atoms with Gasteiger partial charge in [-0.05, 0) is 46.7 Å². The van der Waals surface area contributed by atoms with E-state index in [1.54, 1.807) is 17.9 Å². The Morgan fingerprint density at radius 2 is 1.82 bits per heavy atom. The largest absolute Gasteiger partial charge is 0.497 e. The van der Waals surface area contributed by atoms with Gasteiger partial charge in [0.05, 0.1) is 12.8 Å². The highest BCUT2D eigenvalue weighted by Crippen LogP contribution is 2.36. The number of nitrogens with one attached hydrogen (secondary N) is 1. The van der Waals surface area contributed by atoms with Crippen LogP contribution in [0.15, 0.2) is 84.9 Å². The molecule has 0 spiro atoms. The molecule has 1 atom stereocenters. The van der Waals surface area contributed by atoms with E-state index in [0.29, 0.717) is 17.4 Å². The lowest BCUT2D eigenvalue weighted by atomic mass is 10.00. The molecule has 0 fully saturated rings. The van der Waals surface area contributed by atoms with Gasteiger partial charge in [0.1, 0.15) is 18.3 Å². The van der Waals surface area contributed by atoms with Crippen molar-refractivity contribution in [2.75, 3.05) is 23.9 Å². The molecular formula is C26H24N6O2. The van der Waals surface area contributed by atoms with Crippen molar-refractivity contribution in [3.63, 3.8) is 0 Å². The van der Waals surface area contributed by atoms with Crippen LogP contribution in [-0.2, 0) is 4.79 Å². The summed E-state index contributed by atoms with van der Waals surface area (Å²) in [5.41, 5.74) is 4.74. The molecule has 0 saturated carbocycles. The van der Waals surface area contributed by atoms with Gasteiger partial charge in [0, 0.05) is 11.8 Å². The first kappa shape index (κ1) is 21.4. The highest BCUT2D eigenvalue weighted by atomic mass is 16.5. The smallest absolute Gasteiger partial charge is 0.251 e. The normalized spacial score (nSPS) is 14.8. The molecule has 1 N–H and O–H groups in total. The first-order valence-electron chi connectivity index (χ1n) is 11.0. The van der Waals surface area contributed by atoms with Gasteiger partial charge in [0.15, 0.2) is 0 Å². The maximum absolute atomic E-state index is 13.1. The third kappa shape index (κ3) is 4.25. The molecule has 0 saturated heterocycles. The van der Waals surface area contributed by atoms with E-state index in [2.05, 4.69) is 58.1 Å². The Bertz CT molecular complexity index is 1330. The third-order valence-corrected chi connectivity index (χ3v) is 5.73. The number of anilines is 2. The summed E-state index contributed by atoms with van der Waals surface area (Å²) in [5, 5.41) is 15.4. The average molecular weight is 453 g/mol. The summed E-state index contributed by atoms with van der Waals surface area (Å²) in [7, 11) is 1.59. The summed E-state index contributed by atoms with van der Waals surface area (Å²) in [6.07, 6.45) is 2.10. The molecular weight excluding hydrogens is 428 g/mol. The molecule has 0 bridgehead atoms. The molecule has 34 heavy (non-hydrogen) atoms. The molecule has 1 aliphatic heterocycles. The lowest BCUT2D eigenvalue weighted by molar-refractivity contribution is -0.114. The second kappa shape index (κ2) is 9.19. The van der Waals surface area contributed by atoms with Gasteiger partial charge in [-0.15, -0.1) is 0 Å². The zero-order chi connectivity index (χ0) is 23.5. The quantitative estimate of drug-likeness (QED) is 0.475. The van der Waals surface area contributed by atoms with Crippen molar-refractivity contribution < 1.29 is 9.53 Å². The fourth-order valence-corrected chi connectivity index (χ4v) is 4.03. The number of nitrogens with zero attached hydrogens (tertiary/aromatic N) is 5. The molecule has 1 aromatic heterocycles. The minimum atomic E-state index is -0.196. The van der Waals surface area contributed by atoms with Gasteiger partial charge < -0.3 is 10.1 Å². The molecule has 8 heteroatoms. The molecule has 170 valence electrons. The van der Waals surface area contributed by atoms with E-state index >= 15 is 0 Å². The van der Waals surface area contributed by atoms with E-state index in [-0.39, 0.29) is 18.5 Å². The number of carbonyl (C=O) groups excluding carboxylic acids is 1. The number of fused-ring (bicyclic) bond motifs is 1. The Balaban J connectivity index is 1.51. The molecule has 1 amide bonds. The van der Waals surface area contributed by atoms with Crippen LogP contribution in [0.5, 0.6) is 5.75 Å². The Labute approximate surface area is 197 Å². The van der Waals surface area contributed by atoms with Crippen molar-refractivity contribution in [1.82, 2.24) is 20.2 Å². The molecule has 0 radical (unpaired) electrons. The summed E-state index contributed by atoms with van der Waals surface area (Å²) < 4.78 is 7.00. The Morgan fingerprint density at radius 1 is 1.03 bits per heavy atom. The molecule has 3 aromatic carbocycles. The summed E-state index contributed by atoms with van der Waals surface area (Å²) in [4.78, 5) is 14.9. The first-order valence-corrected chi connectivity index (χ1v) is 11.0. The van der Waals surface area contributed by atoms with E-state index in [4.69, 9.17) is 4.74 Å². The predicted octanol–water partition coefficient (Wildman–Crippen LogP) is 4.08. The van der Waals surface area contributed by atoms with Crippen molar-refractivity contribution in [3.8, 4) is 5.75 Å². The molecule has 8 nitrogen and oxygen atoms in total. The van der Waals surface area contributed by atoms with E-state index in [0.717, 1.165) is 16.8 Å². The number of aromatic nitrogens is 4. The number of hydrogen-bond acceptors (Lipinski definition) is 6. The summed E-state index contributed by atoms with van der Waals surface area (Å²) in [6.45, 7) is 2.10. The number of allylic oxidation sites excluding steroid dienone is 1. The molecule has 5 rings (SSSR count). The van der Waals surface area contributed by atoms with Crippen LogP contribution in [0.3, 0.4) is 0 Å². The van der Waals surface area contributed by atoms with Crippen LogP contribution in [-0.4, -0.2) is 39.8 Å². The standard InChI is InChI=1S/C26H24N6O2/c1-18-11-13-20(14-12-18)24-16-23(19-7-4-3-5-8-19)31(26-28-29-30-32(24)26)17-25(33)27-21-9-6-10-22(15-21)34-2/h3-16,24H,17H2,1-2H3,(H,27,33). The van der Waals surface area contributed by atoms with Gasteiger partial charge in [-0.25, -0.2) is 0 Å². The lowest BCUT2D eigenvalue weighted by Crippen LogP contribution is -2.37. The zero-order valence-electron chi connectivity index (χ0n) is 18.9. The first-order chi connectivity index (χ1) is 16.6. The lowest BCUT2D eigenvalue weighted by Gasteiger charge is -2.32. The second-order valence-electron chi connectivity index (χ2n) is 8.06. The number of hydrogen-bond donors (Lipinski definition) is 1. The van der Waals surface area contributed by atoms with E-state index in [9.17, 15) is 4.79 Å². The molecule has 2 heterocycles. The predicted molar refractivity (Wildman–Crippen MR) is 131 cm³/mol. The Hall–Kier alpha value is -4.46. The van der Waals surface area contributed by atoms with Crippen LogP contribution in [0.2, 0.25) is 0 Å². The number of tetrazole rings is 1. The highest BCUT2D eigenvalue weighted by Gasteiger charge is 2.31. The Kier molecular flexibility index (Phi) is 5.78. The zero-order valence-corrected chi connectivity index (χ0v) is 18.9. The maximum atomic E-state index is 13.1. The average Bonchev–Trinajstić information content (AvgIpc) is 3.36. The number of amides is 1. The number of rotatable bonds is 6. The topological polar surface area (TPSA) is 85.2 Å². The molecule has 1 unspecified atom stereocenters. The van der Waals surface area contributed by atoms with Gasteiger partial charge in [0.25, 0.3) is 5.95 Å². The Morgan fingerprint density at radius 3 is 2.59 bits per heavy atom. The van der Waals surface area contributed by atoms with Gasteiger partial charge in [0.2, 0.25) is 5.91 Å². The van der Waals surface area contributed by atoms with Crippen LogP contribution in [0.1, 0.15) is 22.7 Å². The van der Waals surface area contributed by atoms with Crippen LogP contribution in [0.4, 0.5) is 11.6 Å². The van der Waals surface area contributed by atoms with Gasteiger partial charge in [-0.3, -0.25) is 9.69 Å². The second-order valence-corrected chi connectivity index (χ2v) is 8.06.